The quantitative estimate of drug-likeness (QED) is 0.785. The molecule has 1 unspecified atom stereocenters. The van der Waals surface area contributed by atoms with Crippen molar-refractivity contribution in [2.75, 3.05) is 0 Å². The summed E-state index contributed by atoms with van der Waals surface area (Å²) in [7, 11) is 3.83. The molecule has 1 aliphatic rings. The summed E-state index contributed by atoms with van der Waals surface area (Å²) >= 11 is 0. The smallest absolute Gasteiger partial charge is 0.192 e. The Bertz CT molecular complexity index is 265. The van der Waals surface area contributed by atoms with Gasteiger partial charge in [-0.15, -0.1) is 0 Å². The molecule has 1 fully saturated rings. The van der Waals surface area contributed by atoms with E-state index >= 15 is 0 Å². The maximum absolute atomic E-state index is 10.0. The molecule has 0 bridgehead atoms. The van der Waals surface area contributed by atoms with Crippen molar-refractivity contribution in [1.29, 1.82) is 0 Å². The van der Waals surface area contributed by atoms with E-state index in [1.807, 2.05) is 6.92 Å². The first kappa shape index (κ1) is 15.2. The third-order valence-corrected chi connectivity index (χ3v) is 8.48. The largest absolute Gasteiger partial charge is 0.409 e. The number of hydrogen-bond donors (Lipinski definition) is 1. The van der Waals surface area contributed by atoms with Crippen LogP contribution in [0, 0.1) is 0 Å². The Morgan fingerprint density at radius 3 is 2.29 bits per heavy atom. The van der Waals surface area contributed by atoms with Crippen LogP contribution in [0.5, 0.6) is 0 Å². The second kappa shape index (κ2) is 5.04. The van der Waals surface area contributed by atoms with Gasteiger partial charge in [-0.2, -0.15) is 0 Å². The van der Waals surface area contributed by atoms with E-state index in [-0.39, 0.29) is 17.2 Å². The number of ether oxygens (including phenoxy) is 1. The van der Waals surface area contributed by atoms with Gasteiger partial charge >= 0.3 is 0 Å². The fraction of sp³-hybridized carbons (Fsp3) is 1.00. The summed E-state index contributed by atoms with van der Waals surface area (Å²) in [5.41, 5.74) is 0. The lowest BCUT2D eigenvalue weighted by molar-refractivity contribution is 0.0286. The SMILES string of the molecule is [B][C@@H]1O[C@H](CC)C(O[Si](C)(C)C(C)(C)C)[C@@H]1O. The molecule has 0 saturated carbocycles. The lowest BCUT2D eigenvalue weighted by Gasteiger charge is -2.40. The lowest BCUT2D eigenvalue weighted by atomic mass is 9.93. The van der Waals surface area contributed by atoms with E-state index in [1.54, 1.807) is 0 Å². The van der Waals surface area contributed by atoms with Gasteiger partial charge in [0, 0.05) is 6.00 Å². The average molecular weight is 256 g/mol. The van der Waals surface area contributed by atoms with Crippen molar-refractivity contribution in [3.63, 3.8) is 0 Å². The maximum atomic E-state index is 10.0. The Morgan fingerprint density at radius 2 is 1.88 bits per heavy atom. The zero-order chi connectivity index (χ0) is 13.4. The van der Waals surface area contributed by atoms with Crippen molar-refractivity contribution < 1.29 is 14.3 Å². The van der Waals surface area contributed by atoms with Crippen LogP contribution in [0.4, 0.5) is 0 Å². The zero-order valence-electron chi connectivity index (χ0n) is 11.9. The van der Waals surface area contributed by atoms with Crippen molar-refractivity contribution in [2.24, 2.45) is 0 Å². The molecule has 0 aromatic heterocycles. The molecule has 0 aliphatic carbocycles. The lowest BCUT2D eigenvalue weighted by Crippen LogP contribution is -2.49. The minimum absolute atomic E-state index is 0.0888. The summed E-state index contributed by atoms with van der Waals surface area (Å²) in [5, 5.41) is 10.2. The normalized spacial score (nSPS) is 35.2. The van der Waals surface area contributed by atoms with Crippen molar-refractivity contribution >= 4 is 16.2 Å². The van der Waals surface area contributed by atoms with Crippen molar-refractivity contribution in [1.82, 2.24) is 0 Å². The standard InChI is InChI=1S/C12H25BO3Si/c1-7-8-10(9(14)11(13)15-8)16-17(5,6)12(2,3)4/h8-11,14H,7H2,1-6H3/t8-,9+,10?,11-/m1/s1. The number of rotatable bonds is 3. The third-order valence-electron chi connectivity index (χ3n) is 4.01. The molecule has 98 valence electrons. The summed E-state index contributed by atoms with van der Waals surface area (Å²) in [6, 6.07) is -0.616. The Balaban J connectivity index is 2.79. The van der Waals surface area contributed by atoms with E-state index < -0.39 is 20.4 Å². The Morgan fingerprint density at radius 1 is 1.35 bits per heavy atom. The number of aliphatic hydroxyl groups is 1. The first-order chi connectivity index (χ1) is 7.60. The van der Waals surface area contributed by atoms with Crippen LogP contribution < -0.4 is 0 Å². The predicted molar refractivity (Wildman–Crippen MR) is 72.8 cm³/mol. The van der Waals surface area contributed by atoms with Crippen molar-refractivity contribution in [3.05, 3.63) is 0 Å². The molecule has 1 saturated heterocycles. The first-order valence-electron chi connectivity index (χ1n) is 6.37. The third kappa shape index (κ3) is 3.13. The van der Waals surface area contributed by atoms with Crippen LogP contribution in [-0.2, 0) is 9.16 Å². The van der Waals surface area contributed by atoms with Crippen LogP contribution in [0.15, 0.2) is 0 Å². The van der Waals surface area contributed by atoms with Crippen molar-refractivity contribution in [3.8, 4) is 0 Å². The second-order valence-electron chi connectivity index (χ2n) is 6.38. The Labute approximate surface area is 107 Å². The minimum Gasteiger partial charge on any atom is -0.409 e. The van der Waals surface area contributed by atoms with E-state index in [1.165, 1.54) is 0 Å². The van der Waals surface area contributed by atoms with E-state index in [9.17, 15) is 5.11 Å². The molecule has 2 radical (unpaired) electrons. The van der Waals surface area contributed by atoms with Crippen LogP contribution in [0.2, 0.25) is 18.1 Å². The van der Waals surface area contributed by atoms with E-state index in [4.69, 9.17) is 17.0 Å². The highest BCUT2D eigenvalue weighted by atomic mass is 28.4. The van der Waals surface area contributed by atoms with E-state index in [2.05, 4.69) is 33.9 Å². The van der Waals surface area contributed by atoms with Gasteiger partial charge in [-0.05, 0) is 24.6 Å². The maximum Gasteiger partial charge on any atom is 0.192 e. The van der Waals surface area contributed by atoms with Gasteiger partial charge in [0.25, 0.3) is 0 Å². The molecule has 0 amide bonds. The van der Waals surface area contributed by atoms with Crippen LogP contribution in [0.1, 0.15) is 34.1 Å². The van der Waals surface area contributed by atoms with Gasteiger partial charge in [0.2, 0.25) is 0 Å². The van der Waals surface area contributed by atoms with E-state index in [0.29, 0.717) is 0 Å². The summed E-state index contributed by atoms with van der Waals surface area (Å²) in [5.74, 6) is 0. The number of aliphatic hydroxyl groups excluding tert-OH is 1. The highest BCUT2D eigenvalue weighted by Gasteiger charge is 2.47. The minimum atomic E-state index is -1.89. The summed E-state index contributed by atoms with van der Waals surface area (Å²) in [6.45, 7) is 12.9. The monoisotopic (exact) mass is 256 g/mol. The fourth-order valence-electron chi connectivity index (χ4n) is 1.76. The Kier molecular flexibility index (Phi) is 4.51. The van der Waals surface area contributed by atoms with Gasteiger partial charge in [-0.1, -0.05) is 27.7 Å². The van der Waals surface area contributed by atoms with Gasteiger partial charge in [0.15, 0.2) is 8.32 Å². The molecule has 3 nitrogen and oxygen atoms in total. The molecular formula is C12H25BO3Si. The van der Waals surface area contributed by atoms with Gasteiger partial charge in [-0.3, -0.25) is 0 Å². The van der Waals surface area contributed by atoms with Crippen LogP contribution in [0.3, 0.4) is 0 Å². The zero-order valence-corrected chi connectivity index (χ0v) is 12.9. The molecule has 1 N–H and O–H groups in total. The van der Waals surface area contributed by atoms with Gasteiger partial charge in [0.1, 0.15) is 7.85 Å². The van der Waals surface area contributed by atoms with Crippen LogP contribution >= 0.6 is 0 Å². The molecule has 1 aliphatic heterocycles. The molecule has 1 rings (SSSR count). The summed E-state index contributed by atoms with van der Waals surface area (Å²) < 4.78 is 11.8. The molecule has 0 aromatic carbocycles. The van der Waals surface area contributed by atoms with E-state index in [0.717, 1.165) is 6.42 Å². The van der Waals surface area contributed by atoms with Gasteiger partial charge < -0.3 is 14.3 Å². The van der Waals surface area contributed by atoms with Crippen LogP contribution in [0.25, 0.3) is 0 Å². The second-order valence-corrected chi connectivity index (χ2v) is 11.1. The topological polar surface area (TPSA) is 38.7 Å². The van der Waals surface area contributed by atoms with Gasteiger partial charge in [0.05, 0.1) is 18.3 Å². The number of hydrogen-bond acceptors (Lipinski definition) is 3. The molecular weight excluding hydrogens is 231 g/mol. The van der Waals surface area contributed by atoms with Crippen molar-refractivity contribution in [2.45, 2.75) is 76.6 Å². The molecule has 4 atom stereocenters. The molecule has 0 spiro atoms. The highest BCUT2D eigenvalue weighted by Crippen LogP contribution is 2.39. The molecule has 17 heavy (non-hydrogen) atoms. The molecule has 0 aromatic rings. The average Bonchev–Trinajstić information content (AvgIpc) is 2.43. The first-order valence-corrected chi connectivity index (χ1v) is 9.28. The summed E-state index contributed by atoms with van der Waals surface area (Å²) in [6.07, 6.45) is -0.275. The fourth-order valence-corrected chi connectivity index (χ4v) is 3.08. The van der Waals surface area contributed by atoms with Crippen LogP contribution in [-0.4, -0.2) is 45.6 Å². The highest BCUT2D eigenvalue weighted by molar-refractivity contribution is 6.74. The molecule has 5 heteroatoms. The van der Waals surface area contributed by atoms with Gasteiger partial charge in [-0.25, -0.2) is 0 Å². The Hall–Kier alpha value is 0.162. The molecule has 1 heterocycles. The predicted octanol–water partition coefficient (Wildman–Crippen LogP) is 2.04. The summed E-state index contributed by atoms with van der Waals surface area (Å²) in [4.78, 5) is 0.